The summed E-state index contributed by atoms with van der Waals surface area (Å²) in [6, 6.07) is 16.8. The lowest BCUT2D eigenvalue weighted by molar-refractivity contribution is 0.690. The first kappa shape index (κ1) is 13.1. The van der Waals surface area contributed by atoms with E-state index in [4.69, 9.17) is 11.6 Å². The van der Waals surface area contributed by atoms with Crippen molar-refractivity contribution in [2.75, 3.05) is 0 Å². The van der Waals surface area contributed by atoms with Gasteiger partial charge in [-0.05, 0) is 29.2 Å². The number of aryl methyl sites for hydroxylation is 1. The van der Waals surface area contributed by atoms with Crippen LogP contribution in [0.1, 0.15) is 22.3 Å². The van der Waals surface area contributed by atoms with Crippen molar-refractivity contribution in [1.29, 1.82) is 0 Å². The molecule has 1 N–H and O–H groups in total. The van der Waals surface area contributed by atoms with Crippen molar-refractivity contribution in [3.8, 4) is 0 Å². The molecular weight excluding hydrogens is 242 g/mol. The minimum absolute atomic E-state index is 0.575. The van der Waals surface area contributed by atoms with E-state index in [0.29, 0.717) is 5.88 Å². The summed E-state index contributed by atoms with van der Waals surface area (Å²) in [5, 5.41) is 3.47. The molecule has 0 saturated carbocycles. The molecule has 0 bridgehead atoms. The van der Waals surface area contributed by atoms with Crippen molar-refractivity contribution in [2.45, 2.75) is 25.9 Å². The minimum atomic E-state index is 0.575. The smallest absolute Gasteiger partial charge is 0.0474 e. The first-order valence-electron chi connectivity index (χ1n) is 6.18. The van der Waals surface area contributed by atoms with Crippen LogP contribution in [0, 0.1) is 6.92 Å². The Morgan fingerprint density at radius 2 is 1.72 bits per heavy atom. The van der Waals surface area contributed by atoms with E-state index in [0.717, 1.165) is 13.1 Å². The maximum Gasteiger partial charge on any atom is 0.0474 e. The summed E-state index contributed by atoms with van der Waals surface area (Å²) in [6.07, 6.45) is 0. The van der Waals surface area contributed by atoms with Gasteiger partial charge in [0.05, 0.1) is 0 Å². The normalized spacial score (nSPS) is 10.6. The maximum absolute atomic E-state index is 5.83. The molecule has 0 aliphatic heterocycles. The minimum Gasteiger partial charge on any atom is -0.309 e. The van der Waals surface area contributed by atoms with Gasteiger partial charge in [-0.1, -0.05) is 48.5 Å². The highest BCUT2D eigenvalue weighted by molar-refractivity contribution is 6.17. The van der Waals surface area contributed by atoms with E-state index in [2.05, 4.69) is 60.8 Å². The summed E-state index contributed by atoms with van der Waals surface area (Å²) in [5.74, 6) is 0.575. The summed E-state index contributed by atoms with van der Waals surface area (Å²) >= 11 is 5.83. The molecule has 0 aliphatic rings. The van der Waals surface area contributed by atoms with Crippen LogP contribution in [-0.4, -0.2) is 0 Å². The molecule has 2 aromatic rings. The second-order valence-corrected chi connectivity index (χ2v) is 4.75. The predicted molar refractivity (Wildman–Crippen MR) is 77.7 cm³/mol. The molecule has 2 rings (SSSR count). The Morgan fingerprint density at radius 3 is 2.50 bits per heavy atom. The highest BCUT2D eigenvalue weighted by Gasteiger charge is 1.98. The van der Waals surface area contributed by atoms with Crippen LogP contribution in [0.3, 0.4) is 0 Å². The predicted octanol–water partition coefficient (Wildman–Crippen LogP) is 4.02. The molecule has 0 spiro atoms. The molecule has 0 aliphatic carbocycles. The van der Waals surface area contributed by atoms with Crippen LogP contribution in [0.4, 0.5) is 0 Å². The van der Waals surface area contributed by atoms with Crippen LogP contribution < -0.4 is 5.32 Å². The number of rotatable bonds is 5. The lowest BCUT2D eigenvalue weighted by Crippen LogP contribution is -2.13. The maximum atomic E-state index is 5.83. The molecule has 2 heteroatoms. The van der Waals surface area contributed by atoms with E-state index in [1.807, 2.05) is 0 Å². The van der Waals surface area contributed by atoms with Gasteiger partial charge in [-0.25, -0.2) is 0 Å². The largest absolute Gasteiger partial charge is 0.309 e. The molecule has 0 heterocycles. The highest BCUT2D eigenvalue weighted by Crippen LogP contribution is 2.09. The molecular formula is C16H18ClN. The Labute approximate surface area is 114 Å². The number of hydrogen-bond donors (Lipinski definition) is 1. The summed E-state index contributed by atoms with van der Waals surface area (Å²) in [6.45, 7) is 3.92. The lowest BCUT2D eigenvalue weighted by Gasteiger charge is -2.08. The molecule has 94 valence electrons. The van der Waals surface area contributed by atoms with E-state index in [-0.39, 0.29) is 0 Å². The van der Waals surface area contributed by atoms with Crippen molar-refractivity contribution in [2.24, 2.45) is 0 Å². The van der Waals surface area contributed by atoms with Gasteiger partial charge in [-0.2, -0.15) is 0 Å². The number of halogens is 1. The van der Waals surface area contributed by atoms with Crippen LogP contribution in [0.25, 0.3) is 0 Å². The first-order valence-corrected chi connectivity index (χ1v) is 6.72. The number of benzene rings is 2. The molecule has 0 saturated heterocycles. The van der Waals surface area contributed by atoms with Crippen molar-refractivity contribution in [3.05, 3.63) is 70.8 Å². The average molecular weight is 260 g/mol. The molecule has 0 amide bonds. The van der Waals surface area contributed by atoms with Crippen LogP contribution >= 0.6 is 11.6 Å². The monoisotopic (exact) mass is 259 g/mol. The number of nitrogens with one attached hydrogen (secondary N) is 1. The fourth-order valence-electron chi connectivity index (χ4n) is 1.97. The van der Waals surface area contributed by atoms with Gasteiger partial charge in [0.2, 0.25) is 0 Å². The second-order valence-electron chi connectivity index (χ2n) is 4.48. The Morgan fingerprint density at radius 1 is 0.944 bits per heavy atom. The first-order chi connectivity index (χ1) is 8.79. The number of hydrogen-bond acceptors (Lipinski definition) is 1. The number of alkyl halides is 1. The van der Waals surface area contributed by atoms with Gasteiger partial charge in [0.25, 0.3) is 0 Å². The van der Waals surface area contributed by atoms with Crippen molar-refractivity contribution in [3.63, 3.8) is 0 Å². The zero-order chi connectivity index (χ0) is 12.8. The molecule has 0 fully saturated rings. The van der Waals surface area contributed by atoms with E-state index in [1.165, 1.54) is 22.3 Å². The Hall–Kier alpha value is -1.31. The lowest BCUT2D eigenvalue weighted by atomic mass is 10.1. The van der Waals surface area contributed by atoms with E-state index < -0.39 is 0 Å². The zero-order valence-corrected chi connectivity index (χ0v) is 11.4. The van der Waals surface area contributed by atoms with Crippen molar-refractivity contribution >= 4 is 11.6 Å². The van der Waals surface area contributed by atoms with Gasteiger partial charge in [0.15, 0.2) is 0 Å². The Bertz CT molecular complexity index is 508. The van der Waals surface area contributed by atoms with Crippen LogP contribution in [0.15, 0.2) is 48.5 Å². The standard InChI is InChI=1S/C16H18ClN/c1-13-5-2-3-8-16(13)12-18-11-15-7-4-6-14(9-15)10-17/h2-9,18H,10-12H2,1H3. The summed E-state index contributed by atoms with van der Waals surface area (Å²) in [7, 11) is 0. The van der Waals surface area contributed by atoms with Gasteiger partial charge >= 0.3 is 0 Å². The molecule has 0 radical (unpaired) electrons. The van der Waals surface area contributed by atoms with Crippen LogP contribution in [0.5, 0.6) is 0 Å². The van der Waals surface area contributed by atoms with Crippen LogP contribution in [-0.2, 0) is 19.0 Å². The van der Waals surface area contributed by atoms with Gasteiger partial charge in [0, 0.05) is 19.0 Å². The van der Waals surface area contributed by atoms with Gasteiger partial charge in [0.1, 0.15) is 0 Å². The zero-order valence-electron chi connectivity index (χ0n) is 10.6. The van der Waals surface area contributed by atoms with Crippen molar-refractivity contribution in [1.82, 2.24) is 5.32 Å². The topological polar surface area (TPSA) is 12.0 Å². The molecule has 0 atom stereocenters. The van der Waals surface area contributed by atoms with Gasteiger partial charge in [-0.15, -0.1) is 11.6 Å². The summed E-state index contributed by atoms with van der Waals surface area (Å²) < 4.78 is 0. The Kier molecular flexibility index (Phi) is 4.80. The van der Waals surface area contributed by atoms with Gasteiger partial charge in [-0.3, -0.25) is 0 Å². The molecule has 0 aromatic heterocycles. The quantitative estimate of drug-likeness (QED) is 0.800. The summed E-state index contributed by atoms with van der Waals surface area (Å²) in [4.78, 5) is 0. The fraction of sp³-hybridized carbons (Fsp3) is 0.250. The van der Waals surface area contributed by atoms with Crippen molar-refractivity contribution < 1.29 is 0 Å². The Balaban J connectivity index is 1.90. The third kappa shape index (κ3) is 3.59. The van der Waals surface area contributed by atoms with E-state index >= 15 is 0 Å². The molecule has 1 nitrogen and oxygen atoms in total. The van der Waals surface area contributed by atoms with Crippen LogP contribution in [0.2, 0.25) is 0 Å². The van der Waals surface area contributed by atoms with E-state index in [1.54, 1.807) is 0 Å². The average Bonchev–Trinajstić information content (AvgIpc) is 2.41. The highest BCUT2D eigenvalue weighted by atomic mass is 35.5. The fourth-order valence-corrected chi connectivity index (χ4v) is 2.14. The molecule has 2 aromatic carbocycles. The third-order valence-corrected chi connectivity index (χ3v) is 3.36. The summed E-state index contributed by atoms with van der Waals surface area (Å²) in [5.41, 5.74) is 5.14. The molecule has 18 heavy (non-hydrogen) atoms. The van der Waals surface area contributed by atoms with Gasteiger partial charge < -0.3 is 5.32 Å². The third-order valence-electron chi connectivity index (χ3n) is 3.05. The van der Waals surface area contributed by atoms with E-state index in [9.17, 15) is 0 Å². The molecule has 0 unspecified atom stereocenters. The SMILES string of the molecule is Cc1ccccc1CNCc1cccc(CCl)c1. The second kappa shape index (κ2) is 6.58.